The first-order chi connectivity index (χ1) is 9.81. The van der Waals surface area contributed by atoms with Crippen LogP contribution in [0.25, 0.3) is 0 Å². The Bertz CT molecular complexity index is 547. The summed E-state index contributed by atoms with van der Waals surface area (Å²) in [4.78, 5) is 12.0. The van der Waals surface area contributed by atoms with E-state index in [4.69, 9.17) is 0 Å². The van der Waals surface area contributed by atoms with Gasteiger partial charge in [0.15, 0.2) is 0 Å². The minimum absolute atomic E-state index is 0.0893. The Balaban J connectivity index is 2.03. The Morgan fingerprint density at radius 2 is 2.14 bits per heavy atom. The summed E-state index contributed by atoms with van der Waals surface area (Å²) in [5.74, 6) is -1.78. The molecule has 21 heavy (non-hydrogen) atoms. The number of carbonyl (C=O) groups excluding carboxylic acids is 1. The first-order valence-corrected chi connectivity index (χ1v) is 7.27. The summed E-state index contributed by atoms with van der Waals surface area (Å²) in [6, 6.07) is 1.90. The summed E-state index contributed by atoms with van der Waals surface area (Å²) < 4.78 is 26.8. The van der Waals surface area contributed by atoms with Crippen molar-refractivity contribution in [3.05, 3.63) is 34.9 Å². The van der Waals surface area contributed by atoms with Gasteiger partial charge in [0.1, 0.15) is 11.6 Å². The third kappa shape index (κ3) is 3.79. The Labute approximate surface area is 123 Å². The fourth-order valence-corrected chi connectivity index (χ4v) is 2.96. The molecular formula is C16H21F2NO2. The van der Waals surface area contributed by atoms with Crippen LogP contribution in [-0.2, 0) is 0 Å². The molecule has 2 N–H and O–H groups in total. The molecule has 116 valence electrons. The maximum atomic E-state index is 13.6. The van der Waals surface area contributed by atoms with Gasteiger partial charge in [-0.05, 0) is 37.3 Å². The van der Waals surface area contributed by atoms with Gasteiger partial charge in [0.05, 0.1) is 11.2 Å². The Kier molecular flexibility index (Phi) is 4.61. The van der Waals surface area contributed by atoms with Crippen LogP contribution in [0, 0.1) is 24.5 Å². The number of rotatable bonds is 3. The van der Waals surface area contributed by atoms with Crippen LogP contribution in [0.5, 0.6) is 0 Å². The summed E-state index contributed by atoms with van der Waals surface area (Å²) >= 11 is 0. The molecule has 0 spiro atoms. The molecule has 1 amide bonds. The van der Waals surface area contributed by atoms with Crippen molar-refractivity contribution < 1.29 is 18.7 Å². The lowest BCUT2D eigenvalue weighted by Gasteiger charge is -2.35. The van der Waals surface area contributed by atoms with Crippen molar-refractivity contribution in [2.24, 2.45) is 5.92 Å². The Morgan fingerprint density at radius 1 is 1.43 bits per heavy atom. The predicted molar refractivity (Wildman–Crippen MR) is 76.0 cm³/mol. The van der Waals surface area contributed by atoms with E-state index in [9.17, 15) is 18.7 Å². The second kappa shape index (κ2) is 6.10. The number of aryl methyl sites for hydroxylation is 1. The van der Waals surface area contributed by atoms with E-state index < -0.39 is 23.1 Å². The average Bonchev–Trinajstić information content (AvgIpc) is 2.40. The highest BCUT2D eigenvalue weighted by molar-refractivity contribution is 5.94. The summed E-state index contributed by atoms with van der Waals surface area (Å²) in [6.45, 7) is 3.63. The molecule has 0 bridgehead atoms. The maximum absolute atomic E-state index is 13.6. The third-order valence-corrected chi connectivity index (χ3v) is 4.14. The van der Waals surface area contributed by atoms with Crippen LogP contribution >= 0.6 is 0 Å². The summed E-state index contributed by atoms with van der Waals surface area (Å²) in [7, 11) is 0. The van der Waals surface area contributed by atoms with Crippen LogP contribution < -0.4 is 5.32 Å². The lowest BCUT2D eigenvalue weighted by atomic mass is 9.79. The molecule has 2 atom stereocenters. The molecular weight excluding hydrogens is 276 g/mol. The van der Waals surface area contributed by atoms with Crippen molar-refractivity contribution in [1.82, 2.24) is 5.32 Å². The van der Waals surface area contributed by atoms with E-state index in [1.807, 2.05) is 0 Å². The lowest BCUT2D eigenvalue weighted by Crippen LogP contribution is -2.45. The monoisotopic (exact) mass is 297 g/mol. The van der Waals surface area contributed by atoms with Crippen molar-refractivity contribution in [2.45, 2.75) is 45.1 Å². The minimum atomic E-state index is -0.932. The van der Waals surface area contributed by atoms with E-state index in [0.717, 1.165) is 12.8 Å². The zero-order valence-corrected chi connectivity index (χ0v) is 12.4. The number of aliphatic hydroxyl groups is 1. The zero-order valence-electron chi connectivity index (χ0n) is 12.4. The van der Waals surface area contributed by atoms with Gasteiger partial charge in [-0.25, -0.2) is 8.78 Å². The van der Waals surface area contributed by atoms with E-state index in [2.05, 4.69) is 12.2 Å². The quantitative estimate of drug-likeness (QED) is 0.901. The van der Waals surface area contributed by atoms with Crippen molar-refractivity contribution in [1.29, 1.82) is 0 Å². The summed E-state index contributed by atoms with van der Waals surface area (Å²) in [5.41, 5.74) is -0.910. The SMILES string of the molecule is Cc1cc(C(=O)NCC2(O)CCCC(C)C2)c(F)cc1F. The molecule has 1 saturated carbocycles. The van der Waals surface area contributed by atoms with Crippen LogP contribution in [0.1, 0.15) is 48.5 Å². The van der Waals surface area contributed by atoms with Gasteiger partial charge in [-0.3, -0.25) is 4.79 Å². The van der Waals surface area contributed by atoms with Gasteiger partial charge in [-0.1, -0.05) is 19.8 Å². The summed E-state index contributed by atoms with van der Waals surface area (Å²) in [6.07, 6.45) is 3.24. The molecule has 1 aliphatic rings. The zero-order chi connectivity index (χ0) is 15.6. The fourth-order valence-electron chi connectivity index (χ4n) is 2.96. The van der Waals surface area contributed by atoms with Gasteiger partial charge >= 0.3 is 0 Å². The van der Waals surface area contributed by atoms with Crippen LogP contribution in [0.3, 0.4) is 0 Å². The molecule has 1 fully saturated rings. The van der Waals surface area contributed by atoms with E-state index in [-0.39, 0.29) is 17.7 Å². The topological polar surface area (TPSA) is 49.3 Å². The van der Waals surface area contributed by atoms with Gasteiger partial charge in [0.2, 0.25) is 0 Å². The number of benzene rings is 1. The van der Waals surface area contributed by atoms with E-state index in [1.54, 1.807) is 0 Å². The van der Waals surface area contributed by atoms with Crippen LogP contribution in [0.2, 0.25) is 0 Å². The Hall–Kier alpha value is -1.49. The normalized spacial score (nSPS) is 25.7. The van der Waals surface area contributed by atoms with E-state index in [0.29, 0.717) is 24.8 Å². The fraction of sp³-hybridized carbons (Fsp3) is 0.562. The molecule has 0 radical (unpaired) electrons. The predicted octanol–water partition coefficient (Wildman–Crippen LogP) is 2.94. The van der Waals surface area contributed by atoms with Gasteiger partial charge in [-0.2, -0.15) is 0 Å². The molecule has 3 nitrogen and oxygen atoms in total. The molecule has 2 unspecified atom stereocenters. The smallest absolute Gasteiger partial charge is 0.254 e. The van der Waals surface area contributed by atoms with Gasteiger partial charge in [0.25, 0.3) is 5.91 Å². The first-order valence-electron chi connectivity index (χ1n) is 7.27. The molecule has 5 heteroatoms. The highest BCUT2D eigenvalue weighted by Crippen LogP contribution is 2.31. The van der Waals surface area contributed by atoms with Crippen molar-refractivity contribution >= 4 is 5.91 Å². The Morgan fingerprint density at radius 3 is 2.81 bits per heavy atom. The van der Waals surface area contributed by atoms with Crippen molar-refractivity contribution in [2.75, 3.05) is 6.54 Å². The van der Waals surface area contributed by atoms with Crippen LogP contribution in [0.15, 0.2) is 12.1 Å². The second-order valence-electron chi connectivity index (χ2n) is 6.19. The van der Waals surface area contributed by atoms with Crippen molar-refractivity contribution in [3.63, 3.8) is 0 Å². The molecule has 1 aromatic rings. The summed E-state index contributed by atoms with van der Waals surface area (Å²) in [5, 5.41) is 13.0. The van der Waals surface area contributed by atoms with Gasteiger partial charge < -0.3 is 10.4 Å². The van der Waals surface area contributed by atoms with Crippen LogP contribution in [-0.4, -0.2) is 23.2 Å². The third-order valence-electron chi connectivity index (χ3n) is 4.14. The standard InChI is InChI=1S/C16H21F2NO2/c1-10-4-3-5-16(21,8-10)9-19-15(20)12-6-11(2)13(17)7-14(12)18/h6-7,10,21H,3-5,8-9H2,1-2H3,(H,19,20). The van der Waals surface area contributed by atoms with E-state index >= 15 is 0 Å². The number of halogens is 2. The number of carbonyl (C=O) groups is 1. The van der Waals surface area contributed by atoms with Crippen molar-refractivity contribution in [3.8, 4) is 0 Å². The van der Waals surface area contributed by atoms with E-state index in [1.165, 1.54) is 13.0 Å². The number of nitrogens with one attached hydrogen (secondary N) is 1. The number of hydrogen-bond acceptors (Lipinski definition) is 2. The molecule has 0 saturated heterocycles. The minimum Gasteiger partial charge on any atom is -0.388 e. The molecule has 0 aliphatic heterocycles. The average molecular weight is 297 g/mol. The number of hydrogen-bond donors (Lipinski definition) is 2. The second-order valence-corrected chi connectivity index (χ2v) is 6.19. The highest BCUT2D eigenvalue weighted by Gasteiger charge is 2.33. The molecule has 2 rings (SSSR count). The molecule has 0 heterocycles. The highest BCUT2D eigenvalue weighted by atomic mass is 19.1. The van der Waals surface area contributed by atoms with Gasteiger partial charge in [-0.15, -0.1) is 0 Å². The number of amides is 1. The molecule has 0 aromatic heterocycles. The van der Waals surface area contributed by atoms with Crippen LogP contribution in [0.4, 0.5) is 8.78 Å². The first kappa shape index (κ1) is 15.9. The van der Waals surface area contributed by atoms with Gasteiger partial charge in [0, 0.05) is 12.6 Å². The maximum Gasteiger partial charge on any atom is 0.254 e. The lowest BCUT2D eigenvalue weighted by molar-refractivity contribution is -0.0109. The molecule has 1 aromatic carbocycles. The molecule has 1 aliphatic carbocycles. The largest absolute Gasteiger partial charge is 0.388 e.